The summed E-state index contributed by atoms with van der Waals surface area (Å²) < 4.78 is 118. The Morgan fingerprint density at radius 3 is 2.19 bits per heavy atom. The van der Waals surface area contributed by atoms with Crippen molar-refractivity contribution in [3.63, 3.8) is 0 Å². The maximum Gasteiger partial charge on any atom is 0.405 e. The third-order valence-corrected chi connectivity index (χ3v) is 5.33. The summed E-state index contributed by atoms with van der Waals surface area (Å²) in [6, 6.07) is 3.06. The van der Waals surface area contributed by atoms with Gasteiger partial charge in [-0.1, -0.05) is 24.3 Å². The highest BCUT2D eigenvalue weighted by Crippen LogP contribution is 2.38. The van der Waals surface area contributed by atoms with Crippen LogP contribution in [0.5, 0.6) is 0 Å². The molecular weight excluding hydrogens is 575 g/mol. The molecule has 2 aromatic rings. The van der Waals surface area contributed by atoms with Crippen LogP contribution in [0, 0.1) is 17.5 Å². The molecule has 0 heterocycles. The van der Waals surface area contributed by atoms with Gasteiger partial charge in [0, 0.05) is 10.0 Å². The van der Waals surface area contributed by atoms with Crippen LogP contribution in [0.15, 0.2) is 40.9 Å². The Hall–Kier alpha value is -3.03. The summed E-state index contributed by atoms with van der Waals surface area (Å²) in [4.78, 5) is 24.1. The average molecular weight is 591 g/mol. The van der Waals surface area contributed by atoms with Gasteiger partial charge in [0.15, 0.2) is 17.5 Å². The molecule has 36 heavy (non-hydrogen) atoms. The maximum atomic E-state index is 14.0. The Morgan fingerprint density at radius 1 is 1.00 bits per heavy atom. The van der Waals surface area contributed by atoms with Gasteiger partial charge in [-0.05, 0) is 46.6 Å². The molecule has 2 atom stereocenters. The number of alkyl halides is 6. The third kappa shape index (κ3) is 7.73. The van der Waals surface area contributed by atoms with Crippen molar-refractivity contribution in [1.82, 2.24) is 10.6 Å². The van der Waals surface area contributed by atoms with E-state index in [0.29, 0.717) is 18.2 Å². The van der Waals surface area contributed by atoms with E-state index in [9.17, 15) is 49.1 Å². The lowest BCUT2D eigenvalue weighted by atomic mass is 9.96. The highest BCUT2D eigenvalue weighted by molar-refractivity contribution is 9.10. The van der Waals surface area contributed by atoms with Crippen molar-refractivity contribution in [3.05, 3.63) is 75.0 Å². The first-order valence-electron chi connectivity index (χ1n) is 9.84. The number of carbonyl (C=O) groups excluding carboxylic acids is 2. The Bertz CT molecular complexity index is 1160. The van der Waals surface area contributed by atoms with Crippen molar-refractivity contribution in [1.29, 1.82) is 0 Å². The number of rotatable bonds is 7. The number of halogens is 10. The van der Waals surface area contributed by atoms with Crippen molar-refractivity contribution in [3.8, 4) is 0 Å². The molecule has 0 spiro atoms. The number of allylic oxidation sites excluding steroid dienone is 1. The van der Waals surface area contributed by atoms with Gasteiger partial charge in [0.1, 0.15) is 18.5 Å². The molecule has 0 saturated carbocycles. The van der Waals surface area contributed by atoms with Gasteiger partial charge in [0.05, 0.1) is 5.56 Å². The minimum absolute atomic E-state index is 0.0487. The predicted molar refractivity (Wildman–Crippen MR) is 114 cm³/mol. The van der Waals surface area contributed by atoms with Crippen molar-refractivity contribution in [2.45, 2.75) is 31.2 Å². The summed E-state index contributed by atoms with van der Waals surface area (Å²) in [5, 5.41) is 3.78. The molecule has 2 unspecified atom stereocenters. The largest absolute Gasteiger partial charge is 0.405 e. The van der Waals surface area contributed by atoms with Gasteiger partial charge in [0.2, 0.25) is 5.91 Å². The SMILES string of the molecule is CC(NC(=O)c1ccc(C=CC(c2ccc(F)c(F)c2F)C(F)(F)F)cc1Br)C(=O)NCC(F)(F)F. The van der Waals surface area contributed by atoms with Gasteiger partial charge in [-0.3, -0.25) is 9.59 Å². The van der Waals surface area contributed by atoms with E-state index in [4.69, 9.17) is 0 Å². The van der Waals surface area contributed by atoms with Crippen LogP contribution in [-0.4, -0.2) is 36.8 Å². The van der Waals surface area contributed by atoms with Crippen LogP contribution < -0.4 is 10.6 Å². The van der Waals surface area contributed by atoms with E-state index >= 15 is 0 Å². The van der Waals surface area contributed by atoms with E-state index in [1.807, 2.05) is 0 Å². The molecule has 14 heteroatoms. The van der Waals surface area contributed by atoms with Crippen LogP contribution in [0.25, 0.3) is 6.08 Å². The Labute approximate surface area is 206 Å². The fourth-order valence-electron chi connectivity index (χ4n) is 2.88. The molecule has 2 rings (SSSR count). The molecule has 0 bridgehead atoms. The van der Waals surface area contributed by atoms with E-state index < -0.39 is 65.7 Å². The number of nitrogens with one attached hydrogen (secondary N) is 2. The highest BCUT2D eigenvalue weighted by Gasteiger charge is 2.41. The summed E-state index contributed by atoms with van der Waals surface area (Å²) >= 11 is 3.03. The molecule has 196 valence electrons. The number of amides is 2. The zero-order valence-electron chi connectivity index (χ0n) is 18.0. The van der Waals surface area contributed by atoms with Crippen molar-refractivity contribution in [2.75, 3.05) is 6.54 Å². The fraction of sp³-hybridized carbons (Fsp3) is 0.273. The van der Waals surface area contributed by atoms with Crippen molar-refractivity contribution < 1.29 is 49.1 Å². The lowest BCUT2D eigenvalue weighted by Crippen LogP contribution is -2.47. The molecule has 2 N–H and O–H groups in total. The van der Waals surface area contributed by atoms with Crippen molar-refractivity contribution >= 4 is 33.8 Å². The molecule has 0 aliphatic heterocycles. The number of hydrogen-bond acceptors (Lipinski definition) is 2. The van der Waals surface area contributed by atoms with Crippen molar-refractivity contribution in [2.24, 2.45) is 0 Å². The topological polar surface area (TPSA) is 58.2 Å². The second-order valence-electron chi connectivity index (χ2n) is 7.41. The predicted octanol–water partition coefficient (Wildman–Crippen LogP) is 6.02. The normalized spacial score (nSPS) is 14.0. The van der Waals surface area contributed by atoms with Crippen LogP contribution in [0.2, 0.25) is 0 Å². The van der Waals surface area contributed by atoms with Crippen LogP contribution in [0.1, 0.15) is 34.3 Å². The van der Waals surface area contributed by atoms with Gasteiger partial charge >= 0.3 is 12.4 Å². The minimum atomic E-state index is -5.05. The monoisotopic (exact) mass is 590 g/mol. The molecule has 0 saturated heterocycles. The number of benzene rings is 2. The van der Waals surface area contributed by atoms with E-state index in [-0.39, 0.29) is 15.6 Å². The minimum Gasteiger partial charge on any atom is -0.345 e. The molecule has 4 nitrogen and oxygen atoms in total. The lowest BCUT2D eigenvalue weighted by molar-refractivity contribution is -0.140. The first-order chi connectivity index (χ1) is 16.5. The highest BCUT2D eigenvalue weighted by atomic mass is 79.9. The van der Waals surface area contributed by atoms with E-state index in [1.165, 1.54) is 12.1 Å². The number of carbonyl (C=O) groups is 2. The molecule has 2 amide bonds. The number of hydrogen-bond donors (Lipinski definition) is 2. The second-order valence-corrected chi connectivity index (χ2v) is 8.26. The molecule has 0 aliphatic carbocycles. The van der Waals surface area contributed by atoms with Crippen LogP contribution in [-0.2, 0) is 4.79 Å². The van der Waals surface area contributed by atoms with Crippen LogP contribution >= 0.6 is 15.9 Å². The van der Waals surface area contributed by atoms with Gasteiger partial charge in [0.25, 0.3) is 5.91 Å². The average Bonchev–Trinajstić information content (AvgIpc) is 2.75. The smallest absolute Gasteiger partial charge is 0.345 e. The van der Waals surface area contributed by atoms with Gasteiger partial charge < -0.3 is 10.6 Å². The third-order valence-electron chi connectivity index (χ3n) is 4.68. The Balaban J connectivity index is 2.20. The summed E-state index contributed by atoms with van der Waals surface area (Å²) in [6.07, 6.45) is -8.27. The van der Waals surface area contributed by atoms with E-state index in [0.717, 1.165) is 19.1 Å². The van der Waals surface area contributed by atoms with Gasteiger partial charge in [-0.15, -0.1) is 0 Å². The summed E-state index contributed by atoms with van der Waals surface area (Å²) in [7, 11) is 0. The fourth-order valence-corrected chi connectivity index (χ4v) is 3.45. The standard InChI is InChI=1S/C22H16BrF9N2O2/c1-10(19(35)33-9-21(27,28)29)34-20(36)13-4-2-11(8-15(13)23)3-6-14(22(30,31)32)12-5-7-16(24)18(26)17(12)25/h2-8,10,14H,9H2,1H3,(H,33,35)(H,34,36). The van der Waals surface area contributed by atoms with Crippen LogP contribution in [0.4, 0.5) is 39.5 Å². The van der Waals surface area contributed by atoms with Gasteiger partial charge in [-0.25, -0.2) is 13.2 Å². The first kappa shape index (κ1) is 29.2. The quantitative estimate of drug-likeness (QED) is 0.306. The molecule has 0 fully saturated rings. The zero-order chi connectivity index (χ0) is 27.4. The summed E-state index contributed by atoms with van der Waals surface area (Å²) in [6.45, 7) is -0.451. The van der Waals surface area contributed by atoms with E-state index in [1.54, 1.807) is 5.32 Å². The summed E-state index contributed by atoms with van der Waals surface area (Å²) in [5.41, 5.74) is -1.14. The van der Waals surface area contributed by atoms with E-state index in [2.05, 4.69) is 21.2 Å². The zero-order valence-corrected chi connectivity index (χ0v) is 19.6. The molecule has 0 radical (unpaired) electrons. The molecule has 0 aromatic heterocycles. The molecule has 2 aromatic carbocycles. The maximum absolute atomic E-state index is 14.0. The van der Waals surface area contributed by atoms with Gasteiger partial charge in [-0.2, -0.15) is 26.3 Å². The lowest BCUT2D eigenvalue weighted by Gasteiger charge is -2.18. The molecule has 0 aliphatic rings. The first-order valence-corrected chi connectivity index (χ1v) is 10.6. The second kappa shape index (κ2) is 11.4. The summed E-state index contributed by atoms with van der Waals surface area (Å²) in [5.74, 6) is -10.3. The van der Waals surface area contributed by atoms with Crippen LogP contribution in [0.3, 0.4) is 0 Å². The Morgan fingerprint density at radius 2 is 1.64 bits per heavy atom. The Kier molecular flexibility index (Phi) is 9.21. The molecular formula is C22H16BrF9N2O2.